The molecule has 0 aromatic heterocycles. The molecule has 2 unspecified atom stereocenters. The van der Waals surface area contributed by atoms with Gasteiger partial charge in [0.15, 0.2) is 0 Å². The Labute approximate surface area is 211 Å². The summed E-state index contributed by atoms with van der Waals surface area (Å²) in [6.07, 6.45) is 2.28. The molecule has 2 heterocycles. The van der Waals surface area contributed by atoms with Gasteiger partial charge in [-0.25, -0.2) is 9.59 Å². The second kappa shape index (κ2) is 10.9. The standard InChI is InChI=1S/C26H35N3O7/c1-18-23(32)28(13-6-9-22(31)27-14-12-26(10-11-26)21(30)16-27)20(24(33)35-2)15-29(18)25(34)36-17-19-7-4-3-5-8-19/h3-5,7-8,18,20-21,30H,6,9-17H2,1-2H3/t18?,20?,21-/m1/s1. The van der Waals surface area contributed by atoms with Crippen molar-refractivity contribution in [1.29, 1.82) is 0 Å². The summed E-state index contributed by atoms with van der Waals surface area (Å²) in [7, 11) is 1.24. The smallest absolute Gasteiger partial charge is 0.410 e. The van der Waals surface area contributed by atoms with Gasteiger partial charge in [0, 0.05) is 26.1 Å². The Kier molecular flexibility index (Phi) is 7.82. The van der Waals surface area contributed by atoms with E-state index in [0.717, 1.165) is 24.8 Å². The Hall–Kier alpha value is -3.14. The number of hydrogen-bond donors (Lipinski definition) is 1. The normalized spacial score (nSPS) is 25.0. The number of esters is 1. The first kappa shape index (κ1) is 25.9. The summed E-state index contributed by atoms with van der Waals surface area (Å²) in [4.78, 5) is 55.5. The van der Waals surface area contributed by atoms with Crippen LogP contribution in [0.1, 0.15) is 44.6 Å². The molecule has 1 aromatic carbocycles. The number of hydrogen-bond acceptors (Lipinski definition) is 7. The van der Waals surface area contributed by atoms with Crippen LogP contribution in [0.5, 0.6) is 0 Å². The molecular formula is C26H35N3O7. The van der Waals surface area contributed by atoms with Crippen LogP contribution >= 0.6 is 0 Å². The zero-order chi connectivity index (χ0) is 25.9. The van der Waals surface area contributed by atoms with Gasteiger partial charge in [-0.15, -0.1) is 0 Å². The molecule has 1 aliphatic carbocycles. The fourth-order valence-electron chi connectivity index (χ4n) is 5.16. The molecule has 4 rings (SSSR count). The minimum Gasteiger partial charge on any atom is -0.467 e. The second-order valence-electron chi connectivity index (χ2n) is 10.0. The zero-order valence-corrected chi connectivity index (χ0v) is 20.9. The molecule has 3 amide bonds. The van der Waals surface area contributed by atoms with E-state index in [0.29, 0.717) is 19.5 Å². The van der Waals surface area contributed by atoms with Crippen LogP contribution in [0.15, 0.2) is 30.3 Å². The molecule has 36 heavy (non-hydrogen) atoms. The van der Waals surface area contributed by atoms with Gasteiger partial charge >= 0.3 is 12.1 Å². The molecular weight excluding hydrogens is 466 g/mol. The van der Waals surface area contributed by atoms with Gasteiger partial charge in [0.25, 0.3) is 0 Å². The maximum absolute atomic E-state index is 13.2. The molecule has 0 radical (unpaired) electrons. The van der Waals surface area contributed by atoms with E-state index in [4.69, 9.17) is 9.47 Å². The van der Waals surface area contributed by atoms with Gasteiger partial charge in [-0.1, -0.05) is 30.3 Å². The predicted molar refractivity (Wildman–Crippen MR) is 128 cm³/mol. The first-order valence-corrected chi connectivity index (χ1v) is 12.6. The van der Waals surface area contributed by atoms with Crippen LogP contribution in [0, 0.1) is 5.41 Å². The number of amides is 3. The molecule has 10 heteroatoms. The van der Waals surface area contributed by atoms with Crippen molar-refractivity contribution in [3.8, 4) is 0 Å². The van der Waals surface area contributed by atoms with E-state index in [1.165, 1.54) is 16.9 Å². The molecule has 0 bridgehead atoms. The lowest BCUT2D eigenvalue weighted by molar-refractivity contribution is -0.160. The topological polar surface area (TPSA) is 117 Å². The number of piperidine rings is 1. The van der Waals surface area contributed by atoms with Gasteiger partial charge in [0.1, 0.15) is 18.7 Å². The Morgan fingerprint density at radius 3 is 2.47 bits per heavy atom. The summed E-state index contributed by atoms with van der Waals surface area (Å²) in [5.41, 5.74) is 0.834. The van der Waals surface area contributed by atoms with Gasteiger partial charge in [-0.3, -0.25) is 14.5 Å². The summed E-state index contributed by atoms with van der Waals surface area (Å²) in [5, 5.41) is 10.4. The quantitative estimate of drug-likeness (QED) is 0.564. The van der Waals surface area contributed by atoms with Crippen molar-refractivity contribution in [2.75, 3.05) is 33.3 Å². The molecule has 10 nitrogen and oxygen atoms in total. The van der Waals surface area contributed by atoms with E-state index < -0.39 is 36.2 Å². The summed E-state index contributed by atoms with van der Waals surface area (Å²) >= 11 is 0. The molecule has 2 aliphatic heterocycles. The van der Waals surface area contributed by atoms with Gasteiger partial charge in [0.2, 0.25) is 11.8 Å². The fourth-order valence-corrected chi connectivity index (χ4v) is 5.16. The summed E-state index contributed by atoms with van der Waals surface area (Å²) in [5.74, 6) is -1.09. The number of aliphatic hydroxyl groups is 1. The summed E-state index contributed by atoms with van der Waals surface area (Å²) in [6, 6.07) is 7.38. The summed E-state index contributed by atoms with van der Waals surface area (Å²) in [6.45, 7) is 2.77. The molecule has 3 atom stereocenters. The van der Waals surface area contributed by atoms with Crippen LogP contribution in [0.2, 0.25) is 0 Å². The molecule has 3 fully saturated rings. The molecule has 1 saturated carbocycles. The number of ether oxygens (including phenoxy) is 2. The largest absolute Gasteiger partial charge is 0.467 e. The van der Waals surface area contributed by atoms with Crippen LogP contribution in [-0.4, -0.2) is 95.2 Å². The lowest BCUT2D eigenvalue weighted by atomic mass is 9.90. The number of benzene rings is 1. The molecule has 196 valence electrons. The number of β-amino-alcohol motifs (C(OH)–C–C–N with tert-alkyl or cyclic N) is 1. The summed E-state index contributed by atoms with van der Waals surface area (Å²) < 4.78 is 10.3. The first-order valence-electron chi connectivity index (χ1n) is 12.6. The van der Waals surface area contributed by atoms with Crippen LogP contribution in [0.4, 0.5) is 4.79 Å². The van der Waals surface area contributed by atoms with Crippen LogP contribution in [0.3, 0.4) is 0 Å². The van der Waals surface area contributed by atoms with Gasteiger partial charge < -0.3 is 24.4 Å². The van der Waals surface area contributed by atoms with Crippen LogP contribution in [0.25, 0.3) is 0 Å². The molecule has 3 aliphatic rings. The fraction of sp³-hybridized carbons (Fsp3) is 0.615. The monoisotopic (exact) mass is 501 g/mol. The van der Waals surface area contributed by atoms with Crippen molar-refractivity contribution >= 4 is 23.9 Å². The van der Waals surface area contributed by atoms with Crippen molar-refractivity contribution in [1.82, 2.24) is 14.7 Å². The number of methoxy groups -OCH3 is 1. The number of rotatable bonds is 7. The third kappa shape index (κ3) is 5.48. The maximum Gasteiger partial charge on any atom is 0.410 e. The van der Waals surface area contributed by atoms with Crippen LogP contribution < -0.4 is 0 Å². The lowest BCUT2D eigenvalue weighted by Gasteiger charge is -2.42. The molecule has 1 aromatic rings. The van der Waals surface area contributed by atoms with Crippen molar-refractivity contribution in [2.24, 2.45) is 5.41 Å². The molecule has 2 saturated heterocycles. The van der Waals surface area contributed by atoms with E-state index in [1.807, 2.05) is 30.3 Å². The van der Waals surface area contributed by atoms with Crippen molar-refractivity contribution in [3.63, 3.8) is 0 Å². The van der Waals surface area contributed by atoms with Crippen molar-refractivity contribution in [3.05, 3.63) is 35.9 Å². The maximum atomic E-state index is 13.2. The number of carbonyl (C=O) groups is 4. The molecule has 1 N–H and O–H groups in total. The Morgan fingerprint density at radius 2 is 1.83 bits per heavy atom. The average Bonchev–Trinajstić information content (AvgIpc) is 3.67. The number of aliphatic hydroxyl groups excluding tert-OH is 1. The number of likely N-dealkylation sites (tertiary alicyclic amines) is 1. The van der Waals surface area contributed by atoms with E-state index >= 15 is 0 Å². The van der Waals surface area contributed by atoms with E-state index in [2.05, 4.69) is 0 Å². The highest BCUT2D eigenvalue weighted by molar-refractivity contribution is 5.92. The predicted octanol–water partition coefficient (Wildman–Crippen LogP) is 1.55. The highest BCUT2D eigenvalue weighted by Gasteiger charge is 2.51. The van der Waals surface area contributed by atoms with Crippen molar-refractivity contribution in [2.45, 2.75) is 63.8 Å². The third-order valence-corrected chi connectivity index (χ3v) is 7.78. The van der Waals surface area contributed by atoms with Crippen molar-refractivity contribution < 1.29 is 33.8 Å². The minimum absolute atomic E-state index is 0.0228. The Bertz CT molecular complexity index is 981. The zero-order valence-electron chi connectivity index (χ0n) is 20.9. The highest BCUT2D eigenvalue weighted by atomic mass is 16.6. The van der Waals surface area contributed by atoms with Gasteiger partial charge in [0.05, 0.1) is 19.8 Å². The highest BCUT2D eigenvalue weighted by Crippen LogP contribution is 2.53. The number of piperazine rings is 1. The Morgan fingerprint density at radius 1 is 1.11 bits per heavy atom. The lowest BCUT2D eigenvalue weighted by Crippen LogP contribution is -2.64. The third-order valence-electron chi connectivity index (χ3n) is 7.78. The number of nitrogens with zero attached hydrogens (tertiary/aromatic N) is 3. The van der Waals surface area contributed by atoms with Gasteiger partial charge in [-0.05, 0) is 43.6 Å². The second-order valence-corrected chi connectivity index (χ2v) is 10.0. The van der Waals surface area contributed by atoms with E-state index in [-0.39, 0.29) is 37.4 Å². The SMILES string of the molecule is COC(=O)C1CN(C(=O)OCc2ccccc2)C(C)C(=O)N1CCCC(=O)N1CCC2(CC2)[C@H](O)C1. The van der Waals surface area contributed by atoms with E-state index in [1.54, 1.807) is 11.8 Å². The van der Waals surface area contributed by atoms with Crippen LogP contribution in [-0.2, 0) is 30.5 Å². The molecule has 1 spiro atoms. The average molecular weight is 502 g/mol. The Balaban J connectivity index is 1.32. The van der Waals surface area contributed by atoms with Gasteiger partial charge in [-0.2, -0.15) is 0 Å². The van der Waals surface area contributed by atoms with E-state index in [9.17, 15) is 24.3 Å². The number of carbonyl (C=O) groups excluding carboxylic acids is 4. The minimum atomic E-state index is -0.982. The first-order chi connectivity index (χ1) is 17.3.